The lowest BCUT2D eigenvalue weighted by atomic mass is 9.96. The van der Waals surface area contributed by atoms with Crippen molar-refractivity contribution in [3.8, 4) is 0 Å². The van der Waals surface area contributed by atoms with Gasteiger partial charge in [0.2, 0.25) is 11.8 Å². The molecule has 0 aliphatic carbocycles. The van der Waals surface area contributed by atoms with Gasteiger partial charge in [0, 0.05) is 24.4 Å². The number of rotatable bonds is 5. The fourth-order valence-electron chi connectivity index (χ4n) is 1.98. The minimum absolute atomic E-state index is 0. The molecule has 0 spiro atoms. The van der Waals surface area contributed by atoms with Crippen molar-refractivity contribution in [2.75, 3.05) is 19.6 Å². The molecule has 2 amide bonds. The van der Waals surface area contributed by atoms with Gasteiger partial charge in [-0.1, -0.05) is 20.8 Å². The lowest BCUT2D eigenvalue weighted by Crippen LogP contribution is -2.43. The summed E-state index contributed by atoms with van der Waals surface area (Å²) in [4.78, 5) is 23.3. The van der Waals surface area contributed by atoms with E-state index in [-0.39, 0.29) is 29.6 Å². The van der Waals surface area contributed by atoms with Crippen molar-refractivity contribution in [1.82, 2.24) is 16.0 Å². The molecule has 0 aromatic heterocycles. The highest BCUT2D eigenvalue weighted by atomic mass is 35.5. The molecule has 0 radical (unpaired) electrons. The largest absolute Gasteiger partial charge is 0.356 e. The molecule has 5 nitrogen and oxygen atoms in total. The van der Waals surface area contributed by atoms with Crippen LogP contribution in [-0.4, -0.2) is 37.5 Å². The van der Waals surface area contributed by atoms with Crippen LogP contribution in [0.1, 0.15) is 46.5 Å². The predicted octanol–water partition coefficient (Wildman–Crippen LogP) is 1.22. The Hall–Kier alpha value is -0.810. The van der Waals surface area contributed by atoms with E-state index in [1.807, 2.05) is 20.8 Å². The molecule has 1 fully saturated rings. The second-order valence-corrected chi connectivity index (χ2v) is 6.20. The fraction of sp³-hybridized carbons (Fsp3) is 0.857. The van der Waals surface area contributed by atoms with Crippen LogP contribution in [0.15, 0.2) is 0 Å². The topological polar surface area (TPSA) is 70.2 Å². The second kappa shape index (κ2) is 9.19. The van der Waals surface area contributed by atoms with Gasteiger partial charge in [-0.25, -0.2) is 0 Å². The van der Waals surface area contributed by atoms with Gasteiger partial charge in [-0.3, -0.25) is 9.59 Å². The first-order valence-corrected chi connectivity index (χ1v) is 7.18. The van der Waals surface area contributed by atoms with Gasteiger partial charge in [0.05, 0.1) is 0 Å². The average molecular weight is 306 g/mol. The van der Waals surface area contributed by atoms with E-state index in [4.69, 9.17) is 0 Å². The van der Waals surface area contributed by atoms with E-state index in [2.05, 4.69) is 16.0 Å². The maximum Gasteiger partial charge on any atom is 0.225 e. The normalized spacial score (nSPS) is 16.1. The summed E-state index contributed by atoms with van der Waals surface area (Å²) in [6.45, 7) is 8.17. The standard InChI is InChI=1S/C14H27N3O2.ClH/c1-14(2,3)13(19)16-8-4-5-12(18)17-11-6-9-15-10-7-11;/h11,15H,4-10H2,1-3H3,(H,16,19)(H,17,18);1H. The number of piperidine rings is 1. The molecular weight excluding hydrogens is 278 g/mol. The molecular formula is C14H28ClN3O2. The smallest absolute Gasteiger partial charge is 0.225 e. The Bertz CT molecular complexity index is 310. The maximum atomic E-state index is 11.7. The molecule has 1 rings (SSSR count). The Labute approximate surface area is 128 Å². The average Bonchev–Trinajstić information content (AvgIpc) is 2.34. The lowest BCUT2D eigenvalue weighted by molar-refractivity contribution is -0.128. The zero-order valence-electron chi connectivity index (χ0n) is 12.8. The number of carbonyl (C=O) groups excluding carboxylic acids is 2. The second-order valence-electron chi connectivity index (χ2n) is 6.20. The van der Waals surface area contributed by atoms with E-state index < -0.39 is 0 Å². The Kier molecular flexibility index (Phi) is 8.81. The van der Waals surface area contributed by atoms with Gasteiger partial charge in [0.25, 0.3) is 0 Å². The molecule has 3 N–H and O–H groups in total. The summed E-state index contributed by atoms with van der Waals surface area (Å²) in [6, 6.07) is 0.318. The van der Waals surface area contributed by atoms with Crippen molar-refractivity contribution < 1.29 is 9.59 Å². The first kappa shape index (κ1) is 19.2. The maximum absolute atomic E-state index is 11.7. The molecule has 20 heavy (non-hydrogen) atoms. The summed E-state index contributed by atoms with van der Waals surface area (Å²) in [5.74, 6) is 0.128. The molecule has 1 saturated heterocycles. The molecule has 0 aromatic rings. The Morgan fingerprint density at radius 3 is 2.35 bits per heavy atom. The lowest BCUT2D eigenvalue weighted by Gasteiger charge is -2.23. The van der Waals surface area contributed by atoms with Gasteiger partial charge in [0.15, 0.2) is 0 Å². The van der Waals surface area contributed by atoms with E-state index in [1.165, 1.54) is 0 Å². The first-order valence-electron chi connectivity index (χ1n) is 7.18. The van der Waals surface area contributed by atoms with Crippen LogP contribution in [0.5, 0.6) is 0 Å². The van der Waals surface area contributed by atoms with E-state index in [0.29, 0.717) is 25.4 Å². The number of nitrogens with one attached hydrogen (secondary N) is 3. The monoisotopic (exact) mass is 305 g/mol. The summed E-state index contributed by atoms with van der Waals surface area (Å²) < 4.78 is 0. The Morgan fingerprint density at radius 1 is 1.20 bits per heavy atom. The van der Waals surface area contributed by atoms with Gasteiger partial charge < -0.3 is 16.0 Å². The summed E-state index contributed by atoms with van der Waals surface area (Å²) in [6.07, 6.45) is 3.19. The summed E-state index contributed by atoms with van der Waals surface area (Å²) in [7, 11) is 0. The van der Waals surface area contributed by atoms with E-state index in [1.54, 1.807) is 0 Å². The van der Waals surface area contributed by atoms with Crippen LogP contribution in [-0.2, 0) is 9.59 Å². The number of amides is 2. The predicted molar refractivity (Wildman–Crippen MR) is 83.0 cm³/mol. The zero-order chi connectivity index (χ0) is 14.3. The van der Waals surface area contributed by atoms with Gasteiger partial charge >= 0.3 is 0 Å². The highest BCUT2D eigenvalue weighted by Crippen LogP contribution is 2.12. The zero-order valence-corrected chi connectivity index (χ0v) is 13.6. The highest BCUT2D eigenvalue weighted by molar-refractivity contribution is 5.85. The van der Waals surface area contributed by atoms with Crippen molar-refractivity contribution in [3.63, 3.8) is 0 Å². The van der Waals surface area contributed by atoms with Crippen molar-refractivity contribution in [2.45, 2.75) is 52.5 Å². The summed E-state index contributed by atoms with van der Waals surface area (Å²) in [5.41, 5.74) is -0.364. The minimum atomic E-state index is -0.364. The van der Waals surface area contributed by atoms with Crippen LogP contribution in [0.2, 0.25) is 0 Å². The molecule has 0 atom stereocenters. The molecule has 1 aliphatic heterocycles. The van der Waals surface area contributed by atoms with E-state index in [9.17, 15) is 9.59 Å². The van der Waals surface area contributed by atoms with Crippen molar-refractivity contribution >= 4 is 24.2 Å². The van der Waals surface area contributed by atoms with Crippen molar-refractivity contribution in [1.29, 1.82) is 0 Å². The van der Waals surface area contributed by atoms with Crippen LogP contribution in [0.25, 0.3) is 0 Å². The van der Waals surface area contributed by atoms with Gasteiger partial charge in [-0.15, -0.1) is 12.4 Å². The summed E-state index contributed by atoms with van der Waals surface area (Å²) >= 11 is 0. The molecule has 6 heteroatoms. The molecule has 0 unspecified atom stereocenters. The molecule has 0 aromatic carbocycles. The van der Waals surface area contributed by atoms with Gasteiger partial charge in [-0.05, 0) is 32.4 Å². The molecule has 118 valence electrons. The third-order valence-electron chi connectivity index (χ3n) is 3.25. The number of hydrogen-bond acceptors (Lipinski definition) is 3. The van der Waals surface area contributed by atoms with Crippen LogP contribution >= 0.6 is 12.4 Å². The van der Waals surface area contributed by atoms with E-state index >= 15 is 0 Å². The fourth-order valence-corrected chi connectivity index (χ4v) is 1.98. The SMILES string of the molecule is CC(C)(C)C(=O)NCCCC(=O)NC1CCNCC1.Cl. The third-order valence-corrected chi connectivity index (χ3v) is 3.25. The van der Waals surface area contributed by atoms with Gasteiger partial charge in [0.1, 0.15) is 0 Å². The first-order chi connectivity index (χ1) is 8.89. The van der Waals surface area contributed by atoms with E-state index in [0.717, 1.165) is 25.9 Å². The van der Waals surface area contributed by atoms with Gasteiger partial charge in [-0.2, -0.15) is 0 Å². The molecule has 0 saturated carbocycles. The van der Waals surface area contributed by atoms with Crippen LogP contribution in [0, 0.1) is 5.41 Å². The number of hydrogen-bond donors (Lipinski definition) is 3. The highest BCUT2D eigenvalue weighted by Gasteiger charge is 2.20. The molecule has 1 aliphatic rings. The van der Waals surface area contributed by atoms with Crippen LogP contribution in [0.3, 0.4) is 0 Å². The molecule has 0 bridgehead atoms. The quantitative estimate of drug-likeness (QED) is 0.669. The van der Waals surface area contributed by atoms with Crippen LogP contribution in [0.4, 0.5) is 0 Å². The summed E-state index contributed by atoms with van der Waals surface area (Å²) in [5, 5.41) is 9.17. The minimum Gasteiger partial charge on any atom is -0.356 e. The Morgan fingerprint density at radius 2 is 1.80 bits per heavy atom. The third kappa shape index (κ3) is 7.70. The number of carbonyl (C=O) groups is 2. The van der Waals surface area contributed by atoms with Crippen LogP contribution < -0.4 is 16.0 Å². The van der Waals surface area contributed by atoms with Crippen molar-refractivity contribution in [3.05, 3.63) is 0 Å². The Balaban J connectivity index is 0.00000361. The van der Waals surface area contributed by atoms with Crippen molar-refractivity contribution in [2.24, 2.45) is 5.41 Å². The molecule has 1 heterocycles. The number of halogens is 1.